The molecule has 0 bridgehead atoms. The van der Waals surface area contributed by atoms with Crippen LogP contribution < -0.4 is 22.1 Å². The van der Waals surface area contributed by atoms with Crippen LogP contribution in [-0.2, 0) is 19.0 Å². The van der Waals surface area contributed by atoms with Crippen molar-refractivity contribution in [2.45, 2.75) is 88.2 Å². The second-order valence-corrected chi connectivity index (χ2v) is 11.8. The average Bonchev–Trinajstić information content (AvgIpc) is 2.97. The van der Waals surface area contributed by atoms with Gasteiger partial charge in [-0.05, 0) is 78.0 Å². The van der Waals surface area contributed by atoms with E-state index in [1.807, 2.05) is 6.92 Å². The molecule has 1 aromatic heterocycles. The normalized spacial score (nSPS) is 30.4. The molecule has 4 rings (SSSR count). The fraction of sp³-hybridized carbons (Fsp3) is 0.586. The third-order valence-corrected chi connectivity index (χ3v) is 7.94. The molecule has 7 N–H and O–H groups in total. The first kappa shape index (κ1) is 33.6. The van der Waals surface area contributed by atoms with Gasteiger partial charge in [-0.1, -0.05) is 0 Å². The molecule has 15 nitrogen and oxygen atoms in total. The van der Waals surface area contributed by atoms with Crippen molar-refractivity contribution in [3.63, 3.8) is 0 Å². The number of carbonyl (C=O) groups excluding carboxylic acids is 2. The molecule has 0 saturated carbocycles. The largest absolute Gasteiger partial charge is 0.394 e. The van der Waals surface area contributed by atoms with E-state index in [2.05, 4.69) is 15.6 Å². The van der Waals surface area contributed by atoms with Gasteiger partial charge >= 0.3 is 5.69 Å². The quantitative estimate of drug-likeness (QED) is 0.212. The molecule has 1 aromatic carbocycles. The third-order valence-electron chi connectivity index (χ3n) is 7.94. The Bertz CT molecular complexity index is 1370. The Labute approximate surface area is 254 Å². The van der Waals surface area contributed by atoms with Gasteiger partial charge in [0.25, 0.3) is 5.91 Å². The van der Waals surface area contributed by atoms with Gasteiger partial charge in [0, 0.05) is 17.4 Å². The number of anilines is 2. The number of rotatable bonds is 9. The van der Waals surface area contributed by atoms with Crippen molar-refractivity contribution in [2.24, 2.45) is 5.73 Å². The molecule has 0 radical (unpaired) electrons. The molecule has 44 heavy (non-hydrogen) atoms. The van der Waals surface area contributed by atoms with Crippen LogP contribution >= 0.6 is 0 Å². The van der Waals surface area contributed by atoms with Crippen LogP contribution in [0.1, 0.15) is 50.2 Å². The van der Waals surface area contributed by atoms with E-state index in [1.54, 1.807) is 25.9 Å². The summed E-state index contributed by atoms with van der Waals surface area (Å²) >= 11 is 0. The van der Waals surface area contributed by atoms with E-state index in [9.17, 15) is 29.7 Å². The van der Waals surface area contributed by atoms with Crippen LogP contribution in [0.4, 0.5) is 11.5 Å². The van der Waals surface area contributed by atoms with Crippen LogP contribution in [0.3, 0.4) is 0 Å². The first-order chi connectivity index (χ1) is 20.7. The van der Waals surface area contributed by atoms with Crippen molar-refractivity contribution in [1.82, 2.24) is 14.5 Å². The minimum absolute atomic E-state index is 0.0488. The van der Waals surface area contributed by atoms with Gasteiger partial charge in [0.15, 0.2) is 6.29 Å². The molecule has 2 fully saturated rings. The predicted molar refractivity (Wildman–Crippen MR) is 159 cm³/mol. The number of carbonyl (C=O) groups is 2. The highest BCUT2D eigenvalue weighted by Gasteiger charge is 2.46. The molecule has 0 spiro atoms. The van der Waals surface area contributed by atoms with Crippen LogP contribution in [0.2, 0.25) is 0 Å². The van der Waals surface area contributed by atoms with Crippen molar-refractivity contribution in [3.8, 4) is 0 Å². The molecule has 3 heterocycles. The number of nitrogens with zero attached hydrogens (tertiary/aromatic N) is 3. The van der Waals surface area contributed by atoms with E-state index in [1.165, 1.54) is 48.0 Å². The number of nitrogens with two attached hydrogens (primary N) is 1. The maximum Gasteiger partial charge on any atom is 0.351 e. The number of ether oxygens (including phenoxy) is 3. The summed E-state index contributed by atoms with van der Waals surface area (Å²) in [6.07, 6.45) is -2.85. The van der Waals surface area contributed by atoms with E-state index < -0.39 is 66.6 Å². The summed E-state index contributed by atoms with van der Waals surface area (Å²) in [5.41, 5.74) is 4.29. The summed E-state index contributed by atoms with van der Waals surface area (Å²) in [5, 5.41) is 35.6. The average molecular weight is 619 g/mol. The lowest BCUT2D eigenvalue weighted by atomic mass is 9.96. The minimum atomic E-state index is -1.45. The lowest BCUT2D eigenvalue weighted by Gasteiger charge is -2.46. The highest BCUT2D eigenvalue weighted by molar-refractivity contribution is 6.04. The van der Waals surface area contributed by atoms with Gasteiger partial charge in [0.2, 0.25) is 5.91 Å². The van der Waals surface area contributed by atoms with Crippen LogP contribution in [-0.4, -0.2) is 111 Å². The van der Waals surface area contributed by atoms with Crippen LogP contribution in [0.25, 0.3) is 0 Å². The van der Waals surface area contributed by atoms with Crippen LogP contribution in [0, 0.1) is 0 Å². The number of aromatic nitrogens is 2. The molecule has 2 aliphatic rings. The van der Waals surface area contributed by atoms with E-state index in [0.717, 1.165) is 0 Å². The van der Waals surface area contributed by atoms with Gasteiger partial charge in [-0.15, -0.1) is 0 Å². The summed E-state index contributed by atoms with van der Waals surface area (Å²) in [4.78, 5) is 43.5. The van der Waals surface area contributed by atoms with Crippen molar-refractivity contribution >= 4 is 23.3 Å². The molecule has 9 atom stereocenters. The van der Waals surface area contributed by atoms with Gasteiger partial charge in [-0.3, -0.25) is 14.2 Å². The SMILES string of the molecule is C[C@H]1O[C@H](O[C@H]2CC[C@H](n3ccc(NC(=O)c4ccc(NC(=O)[C@](C)(N)CO)cc4)nc3=O)O[C@@H]2C)[C@H](O)[C@@H](O)[C@@H]1N(C)C. The molecule has 2 amide bonds. The molecule has 0 unspecified atom stereocenters. The number of hydrogen-bond acceptors (Lipinski definition) is 12. The summed E-state index contributed by atoms with van der Waals surface area (Å²) in [7, 11) is 3.61. The monoisotopic (exact) mass is 618 g/mol. The topological polar surface area (TPSA) is 211 Å². The van der Waals surface area contributed by atoms with Crippen molar-refractivity contribution in [3.05, 3.63) is 52.6 Å². The zero-order valence-electron chi connectivity index (χ0n) is 25.4. The number of amides is 2. The van der Waals surface area contributed by atoms with Gasteiger partial charge in [-0.2, -0.15) is 4.98 Å². The highest BCUT2D eigenvalue weighted by atomic mass is 16.7. The smallest absolute Gasteiger partial charge is 0.351 e. The lowest BCUT2D eigenvalue weighted by Crippen LogP contribution is -2.62. The second kappa shape index (κ2) is 13.8. The second-order valence-electron chi connectivity index (χ2n) is 11.8. The molecular formula is C29H42N6O9. The number of benzene rings is 1. The maximum atomic E-state index is 12.9. The molecule has 2 saturated heterocycles. The Morgan fingerprint density at radius 2 is 1.77 bits per heavy atom. The van der Waals surface area contributed by atoms with Crippen molar-refractivity contribution < 1.29 is 39.1 Å². The Kier molecular flexibility index (Phi) is 10.5. The molecule has 242 valence electrons. The van der Waals surface area contributed by atoms with Gasteiger partial charge in [0.05, 0.1) is 31.0 Å². The van der Waals surface area contributed by atoms with Gasteiger partial charge < -0.3 is 50.8 Å². The lowest BCUT2D eigenvalue weighted by molar-refractivity contribution is -0.310. The van der Waals surface area contributed by atoms with Crippen LogP contribution in [0.15, 0.2) is 41.3 Å². The number of likely N-dealkylation sites (N-methyl/N-ethyl adjacent to an activating group) is 1. The summed E-state index contributed by atoms with van der Waals surface area (Å²) in [5.74, 6) is -1.05. The summed E-state index contributed by atoms with van der Waals surface area (Å²) in [6.45, 7) is 4.47. The fourth-order valence-corrected chi connectivity index (χ4v) is 5.29. The molecule has 15 heteroatoms. The number of aliphatic hydroxyl groups is 3. The van der Waals surface area contributed by atoms with Crippen molar-refractivity contribution in [2.75, 3.05) is 31.3 Å². The third kappa shape index (κ3) is 7.50. The molecule has 2 aromatic rings. The predicted octanol–water partition coefficient (Wildman–Crippen LogP) is -0.377. The Morgan fingerprint density at radius 3 is 2.36 bits per heavy atom. The van der Waals surface area contributed by atoms with E-state index >= 15 is 0 Å². The Balaban J connectivity index is 1.32. The summed E-state index contributed by atoms with van der Waals surface area (Å²) in [6, 6.07) is 7.07. The molecule has 2 aliphatic heterocycles. The Morgan fingerprint density at radius 1 is 1.09 bits per heavy atom. The van der Waals surface area contributed by atoms with Crippen LogP contribution in [0.5, 0.6) is 0 Å². The Hall–Kier alpha value is -3.28. The standard InChI is InChI=1S/C29H42N6O9/c1-15-19(44-26-24(38)23(37)22(34(4)5)16(2)43-26)10-11-21(42-15)35-13-12-20(33-28(35)41)32-25(39)17-6-8-18(9-7-17)31-27(40)29(3,30)14-36/h6-9,12-13,15-16,19,21-24,26,36-38H,10-11,14,30H2,1-5H3,(H,31,40)(H,32,33,39,41)/t15-,16-,19+,21-,22-,23+,24-,26-,29-/m1/s1. The first-order valence-electron chi connectivity index (χ1n) is 14.4. The number of hydrogen-bond donors (Lipinski definition) is 6. The van der Waals surface area contributed by atoms with Gasteiger partial charge in [-0.25, -0.2) is 4.79 Å². The van der Waals surface area contributed by atoms with Gasteiger partial charge in [0.1, 0.15) is 29.8 Å². The summed E-state index contributed by atoms with van der Waals surface area (Å²) < 4.78 is 19.3. The molecular weight excluding hydrogens is 576 g/mol. The zero-order valence-corrected chi connectivity index (χ0v) is 25.4. The number of aliphatic hydroxyl groups excluding tert-OH is 3. The zero-order chi connectivity index (χ0) is 32.3. The first-order valence-corrected chi connectivity index (χ1v) is 14.4. The van der Waals surface area contributed by atoms with E-state index in [-0.39, 0.29) is 23.5 Å². The van der Waals surface area contributed by atoms with E-state index in [4.69, 9.17) is 19.9 Å². The fourth-order valence-electron chi connectivity index (χ4n) is 5.29. The van der Waals surface area contributed by atoms with E-state index in [0.29, 0.717) is 18.5 Å². The number of nitrogens with one attached hydrogen (secondary N) is 2. The van der Waals surface area contributed by atoms with Crippen molar-refractivity contribution in [1.29, 1.82) is 0 Å². The molecule has 0 aliphatic carbocycles. The maximum absolute atomic E-state index is 12.9. The minimum Gasteiger partial charge on any atom is -0.394 e. The highest BCUT2D eigenvalue weighted by Crippen LogP contribution is 2.32.